The molecule has 0 aliphatic heterocycles. The van der Waals surface area contributed by atoms with Gasteiger partial charge in [-0.05, 0) is 85.4 Å². The van der Waals surface area contributed by atoms with E-state index in [2.05, 4.69) is 5.32 Å². The molecule has 1 amide bonds. The van der Waals surface area contributed by atoms with E-state index in [0.717, 1.165) is 41.9 Å². The van der Waals surface area contributed by atoms with Crippen LogP contribution in [-0.4, -0.2) is 37.7 Å². The molecule has 4 bridgehead atoms. The Kier molecular flexibility index (Phi) is 6.41. The highest BCUT2D eigenvalue weighted by molar-refractivity contribution is 7.90. The standard InChI is InChI=1S/C31H33NO6S/c1-39(36,37)24-9-6-19(7-10-24)18-38-27-25-5-3-2-4-23(25)8-11-26(27)29(33)32-28(30(34)35)31-15-20-12-21(16-31)14-22(13-20)17-31/h2-11,20-22,28H,12-18H2,1H3,(H,32,33)(H,34,35). The number of carbonyl (C=O) groups excluding carboxylic acids is 1. The Labute approximate surface area is 228 Å². The van der Waals surface area contributed by atoms with Gasteiger partial charge in [-0.3, -0.25) is 4.79 Å². The molecule has 4 saturated carbocycles. The van der Waals surface area contributed by atoms with Crippen LogP contribution in [-0.2, 0) is 21.2 Å². The first-order valence-corrected chi connectivity index (χ1v) is 15.5. The number of ether oxygens (including phenoxy) is 1. The summed E-state index contributed by atoms with van der Waals surface area (Å²) in [4.78, 5) is 26.6. The molecule has 0 saturated heterocycles. The molecule has 0 heterocycles. The second-order valence-corrected chi connectivity index (χ2v) is 13.9. The quantitative estimate of drug-likeness (QED) is 0.400. The van der Waals surface area contributed by atoms with Crippen LogP contribution in [0.1, 0.15) is 54.4 Å². The molecule has 4 aliphatic rings. The average molecular weight is 548 g/mol. The zero-order chi connectivity index (χ0) is 27.4. The monoisotopic (exact) mass is 547 g/mol. The van der Waals surface area contributed by atoms with Crippen molar-refractivity contribution in [2.45, 2.75) is 56.1 Å². The number of benzene rings is 3. The summed E-state index contributed by atoms with van der Waals surface area (Å²) in [6.45, 7) is 0.121. The van der Waals surface area contributed by atoms with Crippen molar-refractivity contribution in [1.29, 1.82) is 0 Å². The molecule has 1 unspecified atom stereocenters. The summed E-state index contributed by atoms with van der Waals surface area (Å²) in [6.07, 6.45) is 7.31. The van der Waals surface area contributed by atoms with Gasteiger partial charge in [-0.1, -0.05) is 42.5 Å². The van der Waals surface area contributed by atoms with Crippen molar-refractivity contribution < 1.29 is 27.9 Å². The number of carbonyl (C=O) groups is 2. The second kappa shape index (κ2) is 9.66. The Balaban J connectivity index is 1.29. The first-order chi connectivity index (χ1) is 18.6. The summed E-state index contributed by atoms with van der Waals surface area (Å²) in [5.41, 5.74) is 0.645. The Hall–Kier alpha value is -3.39. The molecule has 0 aromatic heterocycles. The summed E-state index contributed by atoms with van der Waals surface area (Å²) in [6, 6.07) is 16.6. The molecule has 7 nitrogen and oxygen atoms in total. The lowest BCUT2D eigenvalue weighted by Gasteiger charge is -2.58. The van der Waals surface area contributed by atoms with Crippen molar-refractivity contribution in [3.05, 3.63) is 71.8 Å². The third-order valence-corrected chi connectivity index (χ3v) is 10.2. The third kappa shape index (κ3) is 4.91. The van der Waals surface area contributed by atoms with Crippen LogP contribution < -0.4 is 10.1 Å². The highest BCUT2D eigenvalue weighted by Gasteiger charge is 2.56. The maximum Gasteiger partial charge on any atom is 0.326 e. The van der Waals surface area contributed by atoms with Crippen LogP contribution in [0.5, 0.6) is 5.75 Å². The van der Waals surface area contributed by atoms with Crippen molar-refractivity contribution in [2.24, 2.45) is 23.2 Å². The smallest absolute Gasteiger partial charge is 0.326 e. The fourth-order valence-corrected chi connectivity index (χ4v) is 8.41. The van der Waals surface area contributed by atoms with Crippen molar-refractivity contribution in [1.82, 2.24) is 5.32 Å². The van der Waals surface area contributed by atoms with Gasteiger partial charge in [0, 0.05) is 17.1 Å². The number of hydrogen-bond donors (Lipinski definition) is 2. The number of rotatable bonds is 8. The fourth-order valence-electron chi connectivity index (χ4n) is 7.78. The number of sulfone groups is 1. The van der Waals surface area contributed by atoms with Crippen molar-refractivity contribution in [2.75, 3.05) is 6.26 Å². The fraction of sp³-hybridized carbons (Fsp3) is 0.419. The highest BCUT2D eigenvalue weighted by atomic mass is 32.2. The predicted octanol–water partition coefficient (Wildman–Crippen LogP) is 5.22. The van der Waals surface area contributed by atoms with Gasteiger partial charge in [-0.2, -0.15) is 0 Å². The lowest BCUT2D eigenvalue weighted by Crippen LogP contribution is -2.59. The molecule has 3 aromatic rings. The van der Waals surface area contributed by atoms with E-state index in [1.165, 1.54) is 31.4 Å². The van der Waals surface area contributed by atoms with E-state index in [4.69, 9.17) is 4.74 Å². The highest BCUT2D eigenvalue weighted by Crippen LogP contribution is 2.61. The minimum atomic E-state index is -3.31. The molecule has 204 valence electrons. The topological polar surface area (TPSA) is 110 Å². The van der Waals surface area contributed by atoms with E-state index in [1.54, 1.807) is 18.2 Å². The summed E-state index contributed by atoms with van der Waals surface area (Å²) in [5.74, 6) is 0.634. The molecule has 1 atom stereocenters. The van der Waals surface area contributed by atoms with Gasteiger partial charge in [0.05, 0.1) is 10.5 Å². The van der Waals surface area contributed by atoms with Gasteiger partial charge in [0.2, 0.25) is 0 Å². The van der Waals surface area contributed by atoms with Gasteiger partial charge in [-0.15, -0.1) is 0 Å². The molecular weight excluding hydrogens is 514 g/mol. The number of carboxylic acids is 1. The molecule has 2 N–H and O–H groups in total. The van der Waals surface area contributed by atoms with Crippen molar-refractivity contribution >= 4 is 32.5 Å². The third-order valence-electron chi connectivity index (χ3n) is 9.08. The van der Waals surface area contributed by atoms with E-state index in [1.807, 2.05) is 30.3 Å². The van der Waals surface area contributed by atoms with Crippen molar-refractivity contribution in [3.8, 4) is 5.75 Å². The van der Waals surface area contributed by atoms with Gasteiger partial charge in [0.25, 0.3) is 5.91 Å². The number of carboxylic acid groups (broad SMARTS) is 1. The van der Waals surface area contributed by atoms with Crippen LogP contribution in [0.2, 0.25) is 0 Å². The summed E-state index contributed by atoms with van der Waals surface area (Å²) >= 11 is 0. The Morgan fingerprint density at radius 3 is 2.15 bits per heavy atom. The van der Waals surface area contributed by atoms with Crippen LogP contribution >= 0.6 is 0 Å². The molecule has 3 aromatic carbocycles. The van der Waals surface area contributed by atoms with E-state index in [-0.39, 0.29) is 17.1 Å². The Morgan fingerprint density at radius 1 is 0.949 bits per heavy atom. The maximum atomic E-state index is 13.8. The first-order valence-electron chi connectivity index (χ1n) is 13.6. The molecule has 4 fully saturated rings. The first kappa shape index (κ1) is 25.9. The molecular formula is C31H33NO6S. The van der Waals surface area contributed by atoms with Gasteiger partial charge in [0.15, 0.2) is 9.84 Å². The lowest BCUT2D eigenvalue weighted by molar-refractivity contribution is -0.150. The molecule has 0 spiro atoms. The zero-order valence-electron chi connectivity index (χ0n) is 21.9. The minimum Gasteiger partial charge on any atom is -0.487 e. The van der Waals surface area contributed by atoms with Crippen LogP contribution in [0.15, 0.2) is 65.6 Å². The second-order valence-electron chi connectivity index (χ2n) is 11.9. The molecule has 39 heavy (non-hydrogen) atoms. The van der Waals surface area contributed by atoms with Crippen LogP contribution in [0.3, 0.4) is 0 Å². The summed E-state index contributed by atoms with van der Waals surface area (Å²) in [7, 11) is -3.31. The largest absolute Gasteiger partial charge is 0.487 e. The van der Waals surface area contributed by atoms with E-state index in [0.29, 0.717) is 23.5 Å². The normalized spacial score (nSPS) is 26.3. The molecule has 4 aliphatic carbocycles. The van der Waals surface area contributed by atoms with Crippen LogP contribution in [0.25, 0.3) is 10.8 Å². The summed E-state index contributed by atoms with van der Waals surface area (Å²) < 4.78 is 29.8. The number of fused-ring (bicyclic) bond motifs is 1. The zero-order valence-corrected chi connectivity index (χ0v) is 22.7. The SMILES string of the molecule is CS(=O)(=O)c1ccc(COc2c(C(=O)NC(C(=O)O)C34CC5CC(CC(C5)C3)C4)ccc3ccccc23)cc1. The molecule has 8 heteroatoms. The van der Waals surface area contributed by atoms with Crippen molar-refractivity contribution in [3.63, 3.8) is 0 Å². The van der Waals surface area contributed by atoms with Crippen LogP contribution in [0, 0.1) is 23.2 Å². The number of aliphatic carboxylic acids is 1. The number of hydrogen-bond acceptors (Lipinski definition) is 5. The predicted molar refractivity (Wildman–Crippen MR) is 147 cm³/mol. The lowest BCUT2D eigenvalue weighted by atomic mass is 9.47. The van der Waals surface area contributed by atoms with E-state index >= 15 is 0 Å². The number of amides is 1. The average Bonchev–Trinajstić information content (AvgIpc) is 2.89. The maximum absolute atomic E-state index is 13.8. The van der Waals surface area contributed by atoms with E-state index in [9.17, 15) is 23.1 Å². The molecule has 7 rings (SSSR count). The van der Waals surface area contributed by atoms with E-state index < -0.39 is 33.2 Å². The van der Waals surface area contributed by atoms with Gasteiger partial charge in [-0.25, -0.2) is 13.2 Å². The Bertz CT molecular complexity index is 1510. The van der Waals surface area contributed by atoms with Gasteiger partial charge >= 0.3 is 5.97 Å². The number of nitrogens with one attached hydrogen (secondary N) is 1. The van der Waals surface area contributed by atoms with Gasteiger partial charge < -0.3 is 15.2 Å². The van der Waals surface area contributed by atoms with Gasteiger partial charge in [0.1, 0.15) is 18.4 Å². The summed E-state index contributed by atoms with van der Waals surface area (Å²) in [5, 5.41) is 14.9. The van der Waals surface area contributed by atoms with Crippen LogP contribution in [0.4, 0.5) is 0 Å². The Morgan fingerprint density at radius 2 is 1.56 bits per heavy atom. The molecule has 0 radical (unpaired) electrons. The minimum absolute atomic E-state index is 0.121.